The zero-order valence-electron chi connectivity index (χ0n) is 17.3. The third kappa shape index (κ3) is 6.10. The molecule has 0 fully saturated rings. The molecule has 0 aromatic heterocycles. The number of nitrogens with one attached hydrogen (secondary N) is 1. The lowest BCUT2D eigenvalue weighted by atomic mass is 9.96. The summed E-state index contributed by atoms with van der Waals surface area (Å²) in [6, 6.07) is 12.0. The fourth-order valence-corrected chi connectivity index (χ4v) is 3.08. The second-order valence-corrected chi connectivity index (χ2v) is 6.71. The molecule has 0 aliphatic rings. The molecule has 0 saturated heterocycles. The summed E-state index contributed by atoms with van der Waals surface area (Å²) < 4.78 is 16.1. The van der Waals surface area contributed by atoms with Crippen LogP contribution in [-0.2, 0) is 4.79 Å². The van der Waals surface area contributed by atoms with Crippen molar-refractivity contribution in [3.8, 4) is 17.2 Å². The van der Waals surface area contributed by atoms with Gasteiger partial charge in [0, 0.05) is 11.6 Å². The van der Waals surface area contributed by atoms with Crippen LogP contribution in [0.25, 0.3) is 0 Å². The largest absolute Gasteiger partial charge is 0.497 e. The van der Waals surface area contributed by atoms with Crippen molar-refractivity contribution in [2.75, 3.05) is 27.9 Å². The van der Waals surface area contributed by atoms with Gasteiger partial charge in [-0.15, -0.1) is 0 Å². The Morgan fingerprint density at radius 3 is 2.21 bits per heavy atom. The van der Waals surface area contributed by atoms with Gasteiger partial charge >= 0.3 is 0 Å². The molecule has 7 nitrogen and oxygen atoms in total. The third-order valence-electron chi connectivity index (χ3n) is 4.79. The number of benzene rings is 2. The van der Waals surface area contributed by atoms with Crippen molar-refractivity contribution >= 4 is 5.91 Å². The Morgan fingerprint density at radius 2 is 1.62 bits per heavy atom. The summed E-state index contributed by atoms with van der Waals surface area (Å²) in [6.07, 6.45) is 2.23. The van der Waals surface area contributed by atoms with Crippen LogP contribution in [-0.4, -0.2) is 39.8 Å². The SMILES string of the molecule is COc1ccc(C(NC(=O)C(N)CCCCN)c2ccc(OC)cc2OC)cc1. The predicted octanol–water partition coefficient (Wildman–Crippen LogP) is 2.37. The number of amides is 1. The van der Waals surface area contributed by atoms with Crippen LogP contribution in [0.5, 0.6) is 17.2 Å². The molecule has 5 N–H and O–H groups in total. The number of rotatable bonds is 11. The lowest BCUT2D eigenvalue weighted by Gasteiger charge is -2.24. The molecule has 2 atom stereocenters. The number of hydrogen-bond acceptors (Lipinski definition) is 6. The average molecular weight is 402 g/mol. The van der Waals surface area contributed by atoms with Gasteiger partial charge in [-0.1, -0.05) is 18.6 Å². The molecule has 0 aliphatic carbocycles. The van der Waals surface area contributed by atoms with Crippen LogP contribution in [0.1, 0.15) is 36.4 Å². The monoisotopic (exact) mass is 401 g/mol. The first-order chi connectivity index (χ1) is 14.0. The fraction of sp³-hybridized carbons (Fsp3) is 0.409. The van der Waals surface area contributed by atoms with E-state index in [-0.39, 0.29) is 5.91 Å². The van der Waals surface area contributed by atoms with Crippen molar-refractivity contribution in [3.63, 3.8) is 0 Å². The maximum Gasteiger partial charge on any atom is 0.237 e. The lowest BCUT2D eigenvalue weighted by molar-refractivity contribution is -0.123. The van der Waals surface area contributed by atoms with Gasteiger partial charge in [-0.05, 0) is 49.2 Å². The standard InChI is InChI=1S/C22H31N3O4/c1-27-16-9-7-15(8-10-16)21(25-22(26)19(24)6-4-5-13-23)18-12-11-17(28-2)14-20(18)29-3/h7-12,14,19,21H,4-6,13,23-24H2,1-3H3,(H,25,26). The summed E-state index contributed by atoms with van der Waals surface area (Å²) in [7, 11) is 4.79. The molecule has 2 aromatic rings. The van der Waals surface area contributed by atoms with Gasteiger partial charge in [0.1, 0.15) is 17.2 Å². The number of nitrogens with two attached hydrogens (primary N) is 2. The van der Waals surface area contributed by atoms with Crippen LogP contribution in [0.2, 0.25) is 0 Å². The molecule has 2 unspecified atom stereocenters. The van der Waals surface area contributed by atoms with Gasteiger partial charge in [0.05, 0.1) is 33.4 Å². The molecule has 2 rings (SSSR count). The van der Waals surface area contributed by atoms with Crippen LogP contribution < -0.4 is 31.0 Å². The third-order valence-corrected chi connectivity index (χ3v) is 4.79. The molecule has 0 saturated carbocycles. The number of carbonyl (C=O) groups excluding carboxylic acids is 1. The topological polar surface area (TPSA) is 109 Å². The molecule has 0 spiro atoms. The molecule has 29 heavy (non-hydrogen) atoms. The van der Waals surface area contributed by atoms with E-state index in [1.165, 1.54) is 0 Å². The van der Waals surface area contributed by atoms with Crippen LogP contribution in [0.15, 0.2) is 42.5 Å². The van der Waals surface area contributed by atoms with E-state index in [2.05, 4.69) is 5.32 Å². The van der Waals surface area contributed by atoms with Crippen LogP contribution in [0.4, 0.5) is 0 Å². The van der Waals surface area contributed by atoms with E-state index in [0.717, 1.165) is 29.7 Å². The summed E-state index contributed by atoms with van der Waals surface area (Å²) in [5, 5.41) is 3.07. The van der Waals surface area contributed by atoms with Gasteiger partial charge in [-0.3, -0.25) is 4.79 Å². The lowest BCUT2D eigenvalue weighted by Crippen LogP contribution is -2.42. The van der Waals surface area contributed by atoms with E-state index in [1.807, 2.05) is 36.4 Å². The van der Waals surface area contributed by atoms with Crippen molar-refractivity contribution in [1.82, 2.24) is 5.32 Å². The molecule has 158 valence electrons. The fourth-order valence-electron chi connectivity index (χ4n) is 3.08. The summed E-state index contributed by atoms with van der Waals surface area (Å²) in [5.74, 6) is 1.80. The second kappa shape index (κ2) is 11.3. The van der Waals surface area contributed by atoms with Gasteiger partial charge in [-0.2, -0.15) is 0 Å². The predicted molar refractivity (Wildman–Crippen MR) is 113 cm³/mol. The van der Waals surface area contributed by atoms with E-state index in [4.69, 9.17) is 25.7 Å². The summed E-state index contributed by atoms with van der Waals surface area (Å²) in [4.78, 5) is 12.8. The second-order valence-electron chi connectivity index (χ2n) is 6.71. The van der Waals surface area contributed by atoms with E-state index in [0.29, 0.717) is 24.5 Å². The Hall–Kier alpha value is -2.77. The quantitative estimate of drug-likeness (QED) is 0.499. The van der Waals surface area contributed by atoms with Crippen molar-refractivity contribution in [2.45, 2.75) is 31.3 Å². The first kappa shape index (κ1) is 22.5. The number of hydrogen-bond donors (Lipinski definition) is 3. The van der Waals surface area contributed by atoms with Crippen LogP contribution >= 0.6 is 0 Å². The average Bonchev–Trinajstić information content (AvgIpc) is 2.77. The highest BCUT2D eigenvalue weighted by molar-refractivity contribution is 5.82. The molecule has 0 bridgehead atoms. The first-order valence-electron chi connectivity index (χ1n) is 9.66. The Kier molecular flexibility index (Phi) is 8.76. The molecule has 0 radical (unpaired) electrons. The maximum atomic E-state index is 12.8. The van der Waals surface area contributed by atoms with E-state index >= 15 is 0 Å². The maximum absolute atomic E-state index is 12.8. The number of methoxy groups -OCH3 is 3. The number of ether oxygens (including phenoxy) is 3. The number of unbranched alkanes of at least 4 members (excludes halogenated alkanes) is 1. The normalized spacial score (nSPS) is 12.7. The van der Waals surface area contributed by atoms with Gasteiger partial charge < -0.3 is 31.0 Å². The highest BCUT2D eigenvalue weighted by atomic mass is 16.5. The van der Waals surface area contributed by atoms with Gasteiger partial charge in [0.2, 0.25) is 5.91 Å². The van der Waals surface area contributed by atoms with E-state index in [1.54, 1.807) is 27.4 Å². The summed E-state index contributed by atoms with van der Waals surface area (Å²) in [6.45, 7) is 0.589. The molecule has 0 heterocycles. The molecule has 2 aromatic carbocycles. The van der Waals surface area contributed by atoms with Gasteiger partial charge in [0.25, 0.3) is 0 Å². The van der Waals surface area contributed by atoms with Crippen molar-refractivity contribution < 1.29 is 19.0 Å². The molecule has 1 amide bonds. The minimum Gasteiger partial charge on any atom is -0.497 e. The van der Waals surface area contributed by atoms with Crippen LogP contribution in [0.3, 0.4) is 0 Å². The molecule has 0 aliphatic heterocycles. The zero-order chi connectivity index (χ0) is 21.2. The van der Waals surface area contributed by atoms with Gasteiger partial charge in [-0.25, -0.2) is 0 Å². The minimum absolute atomic E-state index is 0.222. The first-order valence-corrected chi connectivity index (χ1v) is 9.66. The Morgan fingerprint density at radius 1 is 0.966 bits per heavy atom. The van der Waals surface area contributed by atoms with Crippen LogP contribution in [0, 0.1) is 0 Å². The van der Waals surface area contributed by atoms with Crippen molar-refractivity contribution in [3.05, 3.63) is 53.6 Å². The zero-order valence-corrected chi connectivity index (χ0v) is 17.3. The Balaban J connectivity index is 2.34. The summed E-state index contributed by atoms with van der Waals surface area (Å²) in [5.41, 5.74) is 13.3. The Labute approximate surface area is 172 Å². The van der Waals surface area contributed by atoms with Crippen molar-refractivity contribution in [2.24, 2.45) is 11.5 Å². The highest BCUT2D eigenvalue weighted by Gasteiger charge is 2.24. The molecule has 7 heteroatoms. The minimum atomic E-state index is -0.605. The highest BCUT2D eigenvalue weighted by Crippen LogP contribution is 2.33. The molecular weight excluding hydrogens is 370 g/mol. The number of carbonyl (C=O) groups is 1. The summed E-state index contributed by atoms with van der Waals surface area (Å²) >= 11 is 0. The Bertz CT molecular complexity index is 780. The smallest absolute Gasteiger partial charge is 0.237 e. The van der Waals surface area contributed by atoms with Gasteiger partial charge in [0.15, 0.2) is 0 Å². The molecular formula is C22H31N3O4. The van der Waals surface area contributed by atoms with Crippen molar-refractivity contribution in [1.29, 1.82) is 0 Å². The van der Waals surface area contributed by atoms with E-state index < -0.39 is 12.1 Å². The van der Waals surface area contributed by atoms with E-state index in [9.17, 15) is 4.79 Å².